The fraction of sp³-hybridized carbons (Fsp3) is 0.462. The summed E-state index contributed by atoms with van der Waals surface area (Å²) in [7, 11) is 1.89. The molecule has 0 spiro atoms. The van der Waals surface area contributed by atoms with E-state index >= 15 is 0 Å². The van der Waals surface area contributed by atoms with Crippen molar-refractivity contribution in [2.75, 3.05) is 13.6 Å². The van der Waals surface area contributed by atoms with Crippen LogP contribution < -0.4 is 0 Å². The van der Waals surface area contributed by atoms with Gasteiger partial charge in [0, 0.05) is 23.1 Å². The lowest BCUT2D eigenvalue weighted by atomic mass is 9.95. The van der Waals surface area contributed by atoms with Crippen molar-refractivity contribution >= 4 is 15.9 Å². The Morgan fingerprint density at radius 2 is 2.12 bits per heavy atom. The minimum absolute atomic E-state index is 0.213. The Balaban J connectivity index is 2.72. The van der Waals surface area contributed by atoms with Gasteiger partial charge in [-0.25, -0.2) is 4.39 Å². The fourth-order valence-corrected chi connectivity index (χ4v) is 2.13. The Kier molecular flexibility index (Phi) is 4.67. The molecule has 2 nitrogen and oxygen atoms in total. The molecule has 0 aliphatic heterocycles. The molecule has 17 heavy (non-hydrogen) atoms. The minimum Gasteiger partial charge on any atom is -0.300 e. The Morgan fingerprint density at radius 1 is 1.47 bits per heavy atom. The first-order valence-electron chi connectivity index (χ1n) is 5.38. The summed E-state index contributed by atoms with van der Waals surface area (Å²) >= 11 is 3.32. The number of hydrogen-bond donors (Lipinski definition) is 0. The van der Waals surface area contributed by atoms with E-state index in [1.165, 1.54) is 6.07 Å². The van der Waals surface area contributed by atoms with Gasteiger partial charge < -0.3 is 4.90 Å². The van der Waals surface area contributed by atoms with Crippen LogP contribution in [-0.4, -0.2) is 18.5 Å². The fourth-order valence-electron chi connectivity index (χ4n) is 1.72. The topological polar surface area (TPSA) is 27.0 Å². The van der Waals surface area contributed by atoms with Crippen LogP contribution in [0.1, 0.15) is 19.4 Å². The Hall–Kier alpha value is -0.920. The van der Waals surface area contributed by atoms with Crippen LogP contribution >= 0.6 is 15.9 Å². The van der Waals surface area contributed by atoms with Gasteiger partial charge in [0.2, 0.25) is 0 Å². The molecule has 1 rings (SSSR count). The van der Waals surface area contributed by atoms with Gasteiger partial charge in [-0.3, -0.25) is 0 Å². The van der Waals surface area contributed by atoms with Gasteiger partial charge in [-0.2, -0.15) is 5.26 Å². The van der Waals surface area contributed by atoms with E-state index in [0.29, 0.717) is 18.7 Å². The molecule has 0 N–H and O–H groups in total. The Labute approximate surface area is 110 Å². The van der Waals surface area contributed by atoms with E-state index in [1.807, 2.05) is 25.8 Å². The molecule has 0 radical (unpaired) electrons. The predicted octanol–water partition coefficient (Wildman–Crippen LogP) is 3.57. The SMILES string of the molecule is CN(Cc1cc(Br)ccc1F)CC(C)(C)C#N. The number of hydrogen-bond acceptors (Lipinski definition) is 2. The molecule has 0 amide bonds. The molecule has 92 valence electrons. The maximum Gasteiger partial charge on any atom is 0.127 e. The van der Waals surface area contributed by atoms with Gasteiger partial charge in [0.25, 0.3) is 0 Å². The zero-order valence-electron chi connectivity index (χ0n) is 10.3. The van der Waals surface area contributed by atoms with Crippen LogP contribution in [0.2, 0.25) is 0 Å². The summed E-state index contributed by atoms with van der Waals surface area (Å²) in [5.74, 6) is -0.213. The van der Waals surface area contributed by atoms with Crippen molar-refractivity contribution in [2.45, 2.75) is 20.4 Å². The summed E-state index contributed by atoms with van der Waals surface area (Å²) in [5, 5.41) is 8.95. The van der Waals surface area contributed by atoms with Crippen LogP contribution in [0.15, 0.2) is 22.7 Å². The molecule has 4 heteroatoms. The van der Waals surface area contributed by atoms with Gasteiger partial charge in [-0.05, 0) is 39.1 Å². The number of rotatable bonds is 4. The molecular weight excluding hydrogens is 283 g/mol. The van der Waals surface area contributed by atoms with Crippen LogP contribution in [0.25, 0.3) is 0 Å². The highest BCUT2D eigenvalue weighted by atomic mass is 79.9. The van der Waals surface area contributed by atoms with Crippen LogP contribution in [0.4, 0.5) is 4.39 Å². The number of nitriles is 1. The highest BCUT2D eigenvalue weighted by Gasteiger charge is 2.19. The standard InChI is InChI=1S/C13H16BrFN2/c1-13(2,8-16)9-17(3)7-10-6-11(14)4-5-12(10)15/h4-6H,7,9H2,1-3H3. The third kappa shape index (κ3) is 4.45. The van der Waals surface area contributed by atoms with E-state index in [9.17, 15) is 4.39 Å². The molecular formula is C13H16BrFN2. The molecule has 0 bridgehead atoms. The van der Waals surface area contributed by atoms with Crippen LogP contribution in [0, 0.1) is 22.6 Å². The summed E-state index contributed by atoms with van der Waals surface area (Å²) < 4.78 is 14.4. The van der Waals surface area contributed by atoms with Gasteiger partial charge in [-0.1, -0.05) is 15.9 Å². The normalized spacial score (nSPS) is 11.6. The molecule has 0 aliphatic carbocycles. The largest absolute Gasteiger partial charge is 0.300 e. The Morgan fingerprint density at radius 3 is 2.71 bits per heavy atom. The maximum absolute atomic E-state index is 13.5. The van der Waals surface area contributed by atoms with Gasteiger partial charge in [0.1, 0.15) is 5.82 Å². The summed E-state index contributed by atoms with van der Waals surface area (Å²) in [6, 6.07) is 7.13. The van der Waals surface area contributed by atoms with E-state index < -0.39 is 5.41 Å². The summed E-state index contributed by atoms with van der Waals surface area (Å²) in [4.78, 5) is 1.95. The lowest BCUT2D eigenvalue weighted by molar-refractivity contribution is 0.246. The lowest BCUT2D eigenvalue weighted by Crippen LogP contribution is -2.30. The van der Waals surface area contributed by atoms with Gasteiger partial charge in [-0.15, -0.1) is 0 Å². The number of benzene rings is 1. The third-order valence-electron chi connectivity index (χ3n) is 2.42. The van der Waals surface area contributed by atoms with Crippen LogP contribution in [0.3, 0.4) is 0 Å². The van der Waals surface area contributed by atoms with Gasteiger partial charge in [0.05, 0.1) is 11.5 Å². The van der Waals surface area contributed by atoms with Crippen molar-refractivity contribution in [1.29, 1.82) is 5.26 Å². The Bertz CT molecular complexity index is 438. The van der Waals surface area contributed by atoms with Crippen molar-refractivity contribution in [2.24, 2.45) is 5.41 Å². The molecule has 0 saturated heterocycles. The second kappa shape index (κ2) is 5.61. The van der Waals surface area contributed by atoms with Crippen molar-refractivity contribution in [1.82, 2.24) is 4.90 Å². The van der Waals surface area contributed by atoms with E-state index in [1.54, 1.807) is 12.1 Å². The van der Waals surface area contributed by atoms with Crippen LogP contribution in [0.5, 0.6) is 0 Å². The van der Waals surface area contributed by atoms with Crippen molar-refractivity contribution in [3.63, 3.8) is 0 Å². The van der Waals surface area contributed by atoms with E-state index in [0.717, 1.165) is 4.47 Å². The molecule has 0 atom stereocenters. The van der Waals surface area contributed by atoms with Crippen molar-refractivity contribution in [3.8, 4) is 6.07 Å². The average molecular weight is 299 g/mol. The van der Waals surface area contributed by atoms with E-state index in [-0.39, 0.29) is 5.82 Å². The lowest BCUT2D eigenvalue weighted by Gasteiger charge is -2.24. The van der Waals surface area contributed by atoms with Crippen LogP contribution in [-0.2, 0) is 6.54 Å². The summed E-state index contributed by atoms with van der Waals surface area (Å²) in [6.07, 6.45) is 0. The molecule has 1 aromatic rings. The van der Waals surface area contributed by atoms with E-state index in [4.69, 9.17) is 5.26 Å². The molecule has 1 aromatic carbocycles. The molecule has 0 unspecified atom stereocenters. The second-order valence-corrected chi connectivity index (χ2v) is 5.82. The zero-order valence-corrected chi connectivity index (χ0v) is 11.9. The molecule has 0 fully saturated rings. The van der Waals surface area contributed by atoms with Crippen molar-refractivity contribution in [3.05, 3.63) is 34.1 Å². The molecule has 0 heterocycles. The van der Waals surface area contributed by atoms with Gasteiger partial charge in [0.15, 0.2) is 0 Å². The maximum atomic E-state index is 13.5. The van der Waals surface area contributed by atoms with Crippen molar-refractivity contribution < 1.29 is 4.39 Å². The van der Waals surface area contributed by atoms with E-state index in [2.05, 4.69) is 22.0 Å². The number of halogens is 2. The minimum atomic E-state index is -0.419. The highest BCUT2D eigenvalue weighted by Crippen LogP contribution is 2.19. The zero-order chi connectivity index (χ0) is 13.1. The average Bonchev–Trinajstić information content (AvgIpc) is 2.23. The molecule has 0 aliphatic rings. The predicted molar refractivity (Wildman–Crippen MR) is 69.8 cm³/mol. The molecule has 0 aromatic heterocycles. The summed E-state index contributed by atoms with van der Waals surface area (Å²) in [6.45, 7) is 4.85. The second-order valence-electron chi connectivity index (χ2n) is 4.90. The highest BCUT2D eigenvalue weighted by molar-refractivity contribution is 9.10. The first-order chi connectivity index (χ1) is 7.84. The monoisotopic (exact) mass is 298 g/mol. The first kappa shape index (κ1) is 14.1. The summed E-state index contributed by atoms with van der Waals surface area (Å²) in [5.41, 5.74) is 0.215. The quantitative estimate of drug-likeness (QED) is 0.850. The first-order valence-corrected chi connectivity index (χ1v) is 6.17. The van der Waals surface area contributed by atoms with Gasteiger partial charge >= 0.3 is 0 Å². The molecule has 0 saturated carbocycles. The number of nitrogens with zero attached hydrogens (tertiary/aromatic N) is 2. The third-order valence-corrected chi connectivity index (χ3v) is 2.91. The smallest absolute Gasteiger partial charge is 0.127 e.